The summed E-state index contributed by atoms with van der Waals surface area (Å²) in [5.41, 5.74) is 1.61. The molecule has 3 N–H and O–H groups in total. The third-order valence-corrected chi connectivity index (χ3v) is 9.10. The number of rotatable bonds is 5. The molecule has 3 unspecified atom stereocenters. The van der Waals surface area contributed by atoms with Crippen LogP contribution in [0.25, 0.3) is 0 Å². The van der Waals surface area contributed by atoms with E-state index in [1.165, 1.54) is 63.7 Å². The number of amides is 1. The second-order valence-corrected chi connectivity index (χ2v) is 12.3. The summed E-state index contributed by atoms with van der Waals surface area (Å²) in [6, 6.07) is 10.3. The van der Waals surface area contributed by atoms with Gasteiger partial charge in [-0.05, 0) is 100 Å². The molecule has 2 aliphatic carbocycles. The van der Waals surface area contributed by atoms with Crippen molar-refractivity contribution in [1.29, 1.82) is 0 Å². The Labute approximate surface area is 267 Å². The molecule has 1 saturated heterocycles. The van der Waals surface area contributed by atoms with Crippen LogP contribution in [0.4, 0.5) is 0 Å². The van der Waals surface area contributed by atoms with Gasteiger partial charge in [0.25, 0.3) is 0 Å². The standard InChI is InChI=1S/C16H27NO2.C9H9Cl2NO.C7H8O2.C2H6/c1-12-16(19-13(2)18)9-4-3-5-15(16)8-10-17(12)11-14-6-7-14;1-12-9(13)5-6-2-3-7(10)8(11)4-6;1-5-2-3-6(8)7(9)4-5;1-2/h12,14-15H,3-11H2,1-2H3;2-4H,5H2,1H3,(H,12,13);2-4,8-9H,1H3;1-2H3. The summed E-state index contributed by atoms with van der Waals surface area (Å²) < 4.78 is 5.95. The van der Waals surface area contributed by atoms with Crippen molar-refractivity contribution < 1.29 is 24.5 Å². The van der Waals surface area contributed by atoms with Crippen LogP contribution in [0.15, 0.2) is 36.4 Å². The Hall–Kier alpha value is -2.48. The van der Waals surface area contributed by atoms with Gasteiger partial charge in [0.05, 0.1) is 16.5 Å². The number of fused-ring (bicyclic) bond motifs is 1. The Morgan fingerprint density at radius 1 is 1.00 bits per heavy atom. The number of ether oxygens (including phenoxy) is 1. The minimum atomic E-state index is -0.183. The van der Waals surface area contributed by atoms with Gasteiger partial charge in [-0.15, -0.1) is 0 Å². The number of piperidine rings is 1. The van der Waals surface area contributed by atoms with E-state index in [4.69, 9.17) is 38.2 Å². The van der Waals surface area contributed by atoms with Gasteiger partial charge in [0.2, 0.25) is 5.91 Å². The van der Waals surface area contributed by atoms with E-state index >= 15 is 0 Å². The second-order valence-electron chi connectivity index (χ2n) is 11.5. The number of nitrogens with zero attached hydrogens (tertiary/aromatic N) is 1. The number of hydrogen-bond donors (Lipinski definition) is 3. The molecule has 3 aliphatic rings. The first-order valence-corrected chi connectivity index (χ1v) is 16.3. The molecule has 3 fully saturated rings. The number of aryl methyl sites for hydroxylation is 1. The number of nitrogens with one attached hydrogen (secondary N) is 1. The quantitative estimate of drug-likeness (QED) is 0.230. The maximum absolute atomic E-state index is 11.6. The fraction of sp³-hybridized carbons (Fsp3) is 0.588. The number of benzene rings is 2. The average molecular weight is 638 g/mol. The fourth-order valence-corrected chi connectivity index (χ4v) is 6.25. The molecule has 1 heterocycles. The lowest BCUT2D eigenvalue weighted by molar-refractivity contribution is -0.191. The van der Waals surface area contributed by atoms with Gasteiger partial charge in [-0.1, -0.05) is 55.6 Å². The average Bonchev–Trinajstić information content (AvgIpc) is 3.80. The Kier molecular flexibility index (Phi) is 15.1. The largest absolute Gasteiger partial charge is 0.504 e. The number of likely N-dealkylation sites (N-methyl/N-ethyl adjacent to an activating group) is 1. The van der Waals surface area contributed by atoms with E-state index in [1.54, 1.807) is 38.2 Å². The molecule has 2 saturated carbocycles. The fourth-order valence-electron chi connectivity index (χ4n) is 5.93. The van der Waals surface area contributed by atoms with Crippen LogP contribution in [-0.2, 0) is 20.7 Å². The number of esters is 1. The Bertz CT molecular complexity index is 1190. The first-order valence-electron chi connectivity index (χ1n) is 15.5. The van der Waals surface area contributed by atoms with Crippen LogP contribution >= 0.6 is 23.2 Å². The van der Waals surface area contributed by atoms with Crippen molar-refractivity contribution in [3.8, 4) is 11.5 Å². The summed E-state index contributed by atoms with van der Waals surface area (Å²) in [6.07, 6.45) is 9.17. The molecule has 240 valence electrons. The number of hydrogen-bond acceptors (Lipinski definition) is 6. The van der Waals surface area contributed by atoms with Crippen molar-refractivity contribution in [2.45, 2.75) is 97.6 Å². The van der Waals surface area contributed by atoms with Crippen LogP contribution in [-0.4, -0.2) is 58.8 Å². The first-order chi connectivity index (χ1) is 20.4. The van der Waals surface area contributed by atoms with Gasteiger partial charge in [0, 0.05) is 32.5 Å². The number of aromatic hydroxyl groups is 2. The van der Waals surface area contributed by atoms with Crippen LogP contribution < -0.4 is 5.32 Å². The number of phenolic OH excluding ortho intramolecular Hbond substituents is 2. The summed E-state index contributed by atoms with van der Waals surface area (Å²) in [7, 11) is 1.60. The lowest BCUT2D eigenvalue weighted by Crippen LogP contribution is -2.63. The molecule has 2 aromatic rings. The van der Waals surface area contributed by atoms with E-state index in [2.05, 4.69) is 17.1 Å². The molecule has 0 radical (unpaired) electrons. The first kappa shape index (κ1) is 36.7. The topological polar surface area (TPSA) is 99.1 Å². The molecule has 43 heavy (non-hydrogen) atoms. The highest BCUT2D eigenvalue weighted by Gasteiger charge is 2.52. The Balaban J connectivity index is 0.000000234. The van der Waals surface area contributed by atoms with Crippen LogP contribution in [0.2, 0.25) is 10.0 Å². The van der Waals surface area contributed by atoms with Gasteiger partial charge in [0.15, 0.2) is 11.5 Å². The van der Waals surface area contributed by atoms with E-state index in [1.807, 2.05) is 20.8 Å². The highest BCUT2D eigenvalue weighted by Crippen LogP contribution is 2.47. The highest BCUT2D eigenvalue weighted by atomic mass is 35.5. The molecule has 3 atom stereocenters. The number of phenols is 2. The van der Waals surface area contributed by atoms with Crippen LogP contribution in [0, 0.1) is 18.8 Å². The van der Waals surface area contributed by atoms with Crippen LogP contribution in [0.1, 0.15) is 83.8 Å². The van der Waals surface area contributed by atoms with E-state index in [0.29, 0.717) is 28.4 Å². The molecule has 0 bridgehead atoms. The number of likely N-dealkylation sites (tertiary alicyclic amines) is 1. The third kappa shape index (κ3) is 11.2. The molecule has 0 spiro atoms. The van der Waals surface area contributed by atoms with E-state index in [-0.39, 0.29) is 29.0 Å². The summed E-state index contributed by atoms with van der Waals surface area (Å²) in [5, 5.41) is 21.2. The van der Waals surface area contributed by atoms with Crippen molar-refractivity contribution >= 4 is 35.1 Å². The number of carbonyl (C=O) groups is 2. The van der Waals surface area contributed by atoms with Crippen LogP contribution in [0.3, 0.4) is 0 Å². The van der Waals surface area contributed by atoms with E-state index in [9.17, 15) is 9.59 Å². The number of halogens is 2. The van der Waals surface area contributed by atoms with Gasteiger partial charge in [-0.3, -0.25) is 14.5 Å². The Morgan fingerprint density at radius 2 is 1.70 bits per heavy atom. The predicted molar refractivity (Wildman–Crippen MR) is 175 cm³/mol. The molecule has 1 aliphatic heterocycles. The lowest BCUT2D eigenvalue weighted by atomic mass is 9.67. The van der Waals surface area contributed by atoms with Crippen molar-refractivity contribution in [3.05, 3.63) is 57.6 Å². The normalized spacial score (nSPS) is 22.6. The summed E-state index contributed by atoms with van der Waals surface area (Å²) in [5.74, 6) is 1.24. The third-order valence-electron chi connectivity index (χ3n) is 8.36. The van der Waals surface area contributed by atoms with E-state index in [0.717, 1.165) is 23.5 Å². The van der Waals surface area contributed by atoms with Gasteiger partial charge in [-0.2, -0.15) is 0 Å². The maximum atomic E-state index is 11.6. The minimum absolute atomic E-state index is 0.0432. The molecule has 9 heteroatoms. The molecule has 2 aromatic carbocycles. The van der Waals surface area contributed by atoms with Crippen molar-refractivity contribution in [2.24, 2.45) is 11.8 Å². The monoisotopic (exact) mass is 636 g/mol. The predicted octanol–water partition coefficient (Wildman–Crippen LogP) is 7.70. The van der Waals surface area contributed by atoms with Crippen molar-refractivity contribution in [1.82, 2.24) is 10.2 Å². The highest BCUT2D eigenvalue weighted by molar-refractivity contribution is 6.42. The lowest BCUT2D eigenvalue weighted by Gasteiger charge is -2.54. The van der Waals surface area contributed by atoms with Gasteiger partial charge >= 0.3 is 5.97 Å². The summed E-state index contributed by atoms with van der Waals surface area (Å²) >= 11 is 11.5. The summed E-state index contributed by atoms with van der Waals surface area (Å²) in [4.78, 5) is 25.2. The second kappa shape index (κ2) is 17.7. The van der Waals surface area contributed by atoms with Gasteiger partial charge < -0.3 is 20.3 Å². The van der Waals surface area contributed by atoms with Crippen molar-refractivity contribution in [2.75, 3.05) is 20.1 Å². The minimum Gasteiger partial charge on any atom is -0.504 e. The van der Waals surface area contributed by atoms with Gasteiger partial charge in [-0.25, -0.2) is 0 Å². The molecule has 5 rings (SSSR count). The molecular formula is C34H50Cl2N2O5. The molecular weight excluding hydrogens is 587 g/mol. The Morgan fingerprint density at radius 3 is 2.26 bits per heavy atom. The molecule has 0 aromatic heterocycles. The van der Waals surface area contributed by atoms with Crippen molar-refractivity contribution in [3.63, 3.8) is 0 Å². The SMILES string of the molecule is CC.CC(=O)OC12CCCCC1CCN(CC1CC1)C2C.CNC(=O)Cc1ccc(Cl)c(Cl)c1.Cc1ccc(O)c(O)c1. The zero-order valence-electron chi connectivity index (χ0n) is 26.6. The van der Waals surface area contributed by atoms with Gasteiger partial charge in [0.1, 0.15) is 5.60 Å². The van der Waals surface area contributed by atoms with E-state index < -0.39 is 0 Å². The summed E-state index contributed by atoms with van der Waals surface area (Å²) in [6.45, 7) is 12.1. The molecule has 1 amide bonds. The smallest absolute Gasteiger partial charge is 0.303 e. The zero-order valence-corrected chi connectivity index (χ0v) is 28.1. The maximum Gasteiger partial charge on any atom is 0.303 e. The zero-order chi connectivity index (χ0) is 32.2. The number of carbonyl (C=O) groups excluding carboxylic acids is 2. The molecule has 7 nitrogen and oxygen atoms in total. The van der Waals surface area contributed by atoms with Crippen LogP contribution in [0.5, 0.6) is 11.5 Å².